The number of aromatic nitrogens is 2. The molecule has 0 radical (unpaired) electrons. The zero-order chi connectivity index (χ0) is 17.0. The number of carbonyl (C=O) groups excluding carboxylic acids is 1. The van der Waals surface area contributed by atoms with Gasteiger partial charge in [0.15, 0.2) is 0 Å². The van der Waals surface area contributed by atoms with Crippen molar-refractivity contribution in [1.82, 2.24) is 20.2 Å². The van der Waals surface area contributed by atoms with Gasteiger partial charge in [-0.1, -0.05) is 0 Å². The summed E-state index contributed by atoms with van der Waals surface area (Å²) >= 11 is 0. The maximum atomic E-state index is 12.0. The van der Waals surface area contributed by atoms with E-state index in [1.54, 1.807) is 0 Å². The van der Waals surface area contributed by atoms with Crippen LogP contribution >= 0.6 is 15.2 Å². The molecule has 0 aliphatic heterocycles. The van der Waals surface area contributed by atoms with Crippen molar-refractivity contribution in [1.29, 1.82) is 0 Å². The lowest BCUT2D eigenvalue weighted by atomic mass is 10.1. The smallest absolute Gasteiger partial charge is 0.339 e. The van der Waals surface area contributed by atoms with E-state index in [1.165, 1.54) is 19.6 Å². The fraction of sp³-hybridized carbons (Fsp3) is 0.556. The normalized spacial score (nSPS) is 14.1. The van der Waals surface area contributed by atoms with Gasteiger partial charge in [-0.3, -0.25) is 18.8 Å². The minimum atomic E-state index is -4.63. The largest absolute Gasteiger partial charge is 0.358 e. The first-order valence-electron chi connectivity index (χ1n) is 6.04. The van der Waals surface area contributed by atoms with Crippen LogP contribution in [0.4, 0.5) is 0 Å². The average Bonchev–Trinajstić information content (AvgIpc) is 2.83. The molecule has 0 spiro atoms. The maximum Gasteiger partial charge on any atom is 0.339 e. The summed E-state index contributed by atoms with van der Waals surface area (Å²) in [5.41, 5.74) is 0.482. The second kappa shape index (κ2) is 7.47. The zero-order valence-electron chi connectivity index (χ0n) is 11.7. The summed E-state index contributed by atoms with van der Waals surface area (Å²) in [4.78, 5) is 55.5. The third-order valence-corrected chi connectivity index (χ3v) is 4.15. The predicted octanol–water partition coefficient (Wildman–Crippen LogP) is -1.36. The number of aromatic amines is 1. The van der Waals surface area contributed by atoms with Gasteiger partial charge in [0, 0.05) is 25.4 Å². The molecule has 1 heterocycles. The maximum absolute atomic E-state index is 12.0. The first-order valence-corrected chi connectivity index (χ1v) is 9.63. The number of hydrogen-bond acceptors (Lipinski definition) is 5. The van der Waals surface area contributed by atoms with Crippen LogP contribution in [0.15, 0.2) is 12.5 Å². The monoisotopic (exact) mass is 356 g/mol. The molecule has 1 aromatic heterocycles. The Morgan fingerprint density at radius 3 is 2.23 bits per heavy atom. The van der Waals surface area contributed by atoms with E-state index in [2.05, 4.69) is 15.3 Å². The van der Waals surface area contributed by atoms with Crippen molar-refractivity contribution in [2.75, 3.05) is 19.6 Å². The van der Waals surface area contributed by atoms with Gasteiger partial charge in [-0.25, -0.2) is 4.98 Å². The van der Waals surface area contributed by atoms with Crippen molar-refractivity contribution in [3.05, 3.63) is 18.2 Å². The number of hydrogen-bond donors (Lipinski definition) is 6. The number of amides is 1. The zero-order valence-corrected chi connectivity index (χ0v) is 13.4. The number of likely N-dealkylation sites (N-methyl/N-ethyl adjacent to an activating group) is 1. The summed E-state index contributed by atoms with van der Waals surface area (Å²) in [6, 6.07) is -1.18. The third-order valence-electron chi connectivity index (χ3n) is 2.69. The molecule has 0 saturated carbocycles. The molecule has 11 nitrogen and oxygen atoms in total. The van der Waals surface area contributed by atoms with Crippen molar-refractivity contribution in [3.63, 3.8) is 0 Å². The van der Waals surface area contributed by atoms with E-state index in [0.29, 0.717) is 5.69 Å². The summed E-state index contributed by atoms with van der Waals surface area (Å²) < 4.78 is 22.4. The highest BCUT2D eigenvalue weighted by molar-refractivity contribution is 7.52. The second-order valence-electron chi connectivity index (χ2n) is 4.61. The van der Waals surface area contributed by atoms with E-state index in [4.69, 9.17) is 19.6 Å². The van der Waals surface area contributed by atoms with Crippen molar-refractivity contribution in [3.8, 4) is 0 Å². The molecule has 0 unspecified atom stereocenters. The standard InChI is InChI=1S/C9H18N4O7P2/c1-10-9(14)8(2-7-3-11-4-12-7)13(5-21(15,16)17)6-22(18,19)20/h3-4,8H,2,5-6H2,1H3,(H,10,14)(H,11,12)(H2,15,16,17)(H2,18,19,20)/t8-/m0/s1. The Kier molecular flexibility index (Phi) is 6.45. The molecule has 0 aliphatic rings. The van der Waals surface area contributed by atoms with E-state index in [0.717, 1.165) is 4.90 Å². The lowest BCUT2D eigenvalue weighted by Crippen LogP contribution is -2.48. The molecule has 126 valence electrons. The van der Waals surface area contributed by atoms with Gasteiger partial charge in [0.05, 0.1) is 12.4 Å². The van der Waals surface area contributed by atoms with Crippen molar-refractivity contribution in [2.24, 2.45) is 0 Å². The van der Waals surface area contributed by atoms with Gasteiger partial charge in [0.2, 0.25) is 5.91 Å². The SMILES string of the molecule is CNC(=O)[C@H](Cc1cnc[nH]1)N(CP(=O)(O)O)CP(=O)(O)O. The fourth-order valence-electron chi connectivity index (χ4n) is 1.87. The van der Waals surface area contributed by atoms with Crippen LogP contribution in [0.25, 0.3) is 0 Å². The van der Waals surface area contributed by atoms with Gasteiger partial charge in [0.25, 0.3) is 0 Å². The molecule has 1 aromatic rings. The predicted molar refractivity (Wildman–Crippen MR) is 75.8 cm³/mol. The van der Waals surface area contributed by atoms with Crippen molar-refractivity contribution in [2.45, 2.75) is 12.5 Å². The summed E-state index contributed by atoms with van der Waals surface area (Å²) in [6.45, 7) is 0. The number of imidazole rings is 1. The van der Waals surface area contributed by atoms with Crippen LogP contribution in [-0.4, -0.2) is 66.0 Å². The molecule has 0 saturated heterocycles. The van der Waals surface area contributed by atoms with Crippen LogP contribution in [-0.2, 0) is 20.3 Å². The molecule has 0 bridgehead atoms. The molecule has 0 aliphatic carbocycles. The average molecular weight is 356 g/mol. The Balaban J connectivity index is 3.08. The van der Waals surface area contributed by atoms with Gasteiger partial charge in [-0.15, -0.1) is 0 Å². The summed E-state index contributed by atoms with van der Waals surface area (Å²) in [5.74, 6) is -0.628. The first-order chi connectivity index (χ1) is 10.0. The van der Waals surface area contributed by atoms with Crippen LogP contribution in [0.5, 0.6) is 0 Å². The van der Waals surface area contributed by atoms with Crippen LogP contribution in [0.2, 0.25) is 0 Å². The third kappa shape index (κ3) is 6.80. The van der Waals surface area contributed by atoms with Gasteiger partial charge < -0.3 is 29.9 Å². The Labute approximate surface area is 126 Å². The van der Waals surface area contributed by atoms with Crippen molar-refractivity contribution < 1.29 is 33.5 Å². The Bertz CT molecular complexity index is 557. The topological polar surface area (TPSA) is 176 Å². The Hall–Kier alpha value is -1.06. The molecule has 1 rings (SSSR count). The molecule has 13 heteroatoms. The van der Waals surface area contributed by atoms with E-state index in [-0.39, 0.29) is 6.42 Å². The van der Waals surface area contributed by atoms with Gasteiger partial charge >= 0.3 is 15.2 Å². The summed E-state index contributed by atoms with van der Waals surface area (Å²) in [6.07, 6.45) is 0.809. The van der Waals surface area contributed by atoms with Crippen LogP contribution in [0, 0.1) is 0 Å². The quantitative estimate of drug-likeness (QED) is 0.307. The molecule has 6 N–H and O–H groups in total. The number of nitrogens with one attached hydrogen (secondary N) is 2. The van der Waals surface area contributed by atoms with E-state index in [9.17, 15) is 13.9 Å². The molecular formula is C9H18N4O7P2. The summed E-state index contributed by atoms with van der Waals surface area (Å²) in [7, 11) is -7.94. The highest BCUT2D eigenvalue weighted by Gasteiger charge is 2.34. The number of nitrogens with zero attached hydrogens (tertiary/aromatic N) is 2. The highest BCUT2D eigenvalue weighted by atomic mass is 31.2. The van der Waals surface area contributed by atoms with Gasteiger partial charge in [-0.05, 0) is 0 Å². The molecule has 0 fully saturated rings. The minimum absolute atomic E-state index is 0.0420. The van der Waals surface area contributed by atoms with E-state index >= 15 is 0 Å². The van der Waals surface area contributed by atoms with Crippen molar-refractivity contribution >= 4 is 21.1 Å². The highest BCUT2D eigenvalue weighted by Crippen LogP contribution is 2.41. The molecular weight excluding hydrogens is 338 g/mol. The molecule has 0 aromatic carbocycles. The molecule has 1 amide bonds. The Morgan fingerprint density at radius 2 is 1.86 bits per heavy atom. The minimum Gasteiger partial charge on any atom is -0.358 e. The van der Waals surface area contributed by atoms with E-state index in [1.807, 2.05) is 0 Å². The number of H-pyrrole nitrogens is 1. The first kappa shape index (κ1) is 19.0. The molecule has 22 heavy (non-hydrogen) atoms. The van der Waals surface area contributed by atoms with Crippen LogP contribution in [0.1, 0.15) is 5.69 Å². The number of carbonyl (C=O) groups is 1. The van der Waals surface area contributed by atoms with Crippen LogP contribution in [0.3, 0.4) is 0 Å². The second-order valence-corrected chi connectivity index (χ2v) is 7.84. The molecule has 1 atom stereocenters. The lowest BCUT2D eigenvalue weighted by molar-refractivity contribution is -0.125. The summed E-state index contributed by atoms with van der Waals surface area (Å²) in [5, 5.41) is 2.31. The van der Waals surface area contributed by atoms with Gasteiger partial charge in [0.1, 0.15) is 12.6 Å². The lowest BCUT2D eigenvalue weighted by Gasteiger charge is -2.30. The Morgan fingerprint density at radius 1 is 1.32 bits per heavy atom. The van der Waals surface area contributed by atoms with E-state index < -0.39 is 39.7 Å². The van der Waals surface area contributed by atoms with Gasteiger partial charge in [-0.2, -0.15) is 0 Å². The fourth-order valence-corrected chi connectivity index (χ4v) is 3.57. The van der Waals surface area contributed by atoms with Crippen LogP contribution < -0.4 is 5.32 Å². The number of rotatable bonds is 8.